The number of ether oxygens (including phenoxy) is 1. The minimum atomic E-state index is -0.380. The molecule has 0 aromatic carbocycles. The van der Waals surface area contributed by atoms with Gasteiger partial charge in [-0.05, 0) is 44.7 Å². The SMILES string of the molecule is CCOC(=O)c1c(NC(=O)[C@@H](C)Sc2ncccn2)sc2c1CCC2. The number of esters is 1. The third-order valence-corrected chi connectivity index (χ3v) is 6.03. The Labute approximate surface area is 154 Å². The summed E-state index contributed by atoms with van der Waals surface area (Å²) in [5.74, 6) is -0.535. The zero-order valence-corrected chi connectivity index (χ0v) is 15.7. The zero-order chi connectivity index (χ0) is 17.8. The van der Waals surface area contributed by atoms with Crippen LogP contribution >= 0.6 is 23.1 Å². The van der Waals surface area contributed by atoms with Gasteiger partial charge in [-0.25, -0.2) is 14.8 Å². The summed E-state index contributed by atoms with van der Waals surface area (Å²) in [5, 5.41) is 3.66. The van der Waals surface area contributed by atoms with E-state index in [2.05, 4.69) is 15.3 Å². The summed E-state index contributed by atoms with van der Waals surface area (Å²) in [6, 6.07) is 1.73. The Balaban J connectivity index is 1.76. The van der Waals surface area contributed by atoms with Crippen molar-refractivity contribution in [2.45, 2.75) is 43.5 Å². The maximum absolute atomic E-state index is 12.5. The second kappa shape index (κ2) is 7.97. The number of hydrogen-bond acceptors (Lipinski definition) is 7. The number of nitrogens with one attached hydrogen (secondary N) is 1. The number of thioether (sulfide) groups is 1. The predicted octanol–water partition coefficient (Wildman–Crippen LogP) is 3.32. The maximum atomic E-state index is 12.5. The highest BCUT2D eigenvalue weighted by molar-refractivity contribution is 8.00. The normalized spacial score (nSPS) is 14.0. The zero-order valence-electron chi connectivity index (χ0n) is 14.1. The molecule has 0 fully saturated rings. The van der Waals surface area contributed by atoms with E-state index in [0.29, 0.717) is 22.3 Å². The molecular formula is C17H19N3O3S2. The van der Waals surface area contributed by atoms with Crippen molar-refractivity contribution in [2.75, 3.05) is 11.9 Å². The van der Waals surface area contributed by atoms with Crippen molar-refractivity contribution in [3.05, 3.63) is 34.5 Å². The number of aromatic nitrogens is 2. The number of rotatable bonds is 6. The minimum Gasteiger partial charge on any atom is -0.462 e. The van der Waals surface area contributed by atoms with Crippen molar-refractivity contribution in [3.8, 4) is 0 Å². The summed E-state index contributed by atoms with van der Waals surface area (Å²) in [4.78, 5) is 34.3. The van der Waals surface area contributed by atoms with Gasteiger partial charge in [0.15, 0.2) is 5.16 Å². The molecule has 3 rings (SSSR count). The van der Waals surface area contributed by atoms with Gasteiger partial charge in [0, 0.05) is 17.3 Å². The predicted molar refractivity (Wildman–Crippen MR) is 98.3 cm³/mol. The highest BCUT2D eigenvalue weighted by Gasteiger charge is 2.29. The summed E-state index contributed by atoms with van der Waals surface area (Å²) in [6.45, 7) is 3.89. The lowest BCUT2D eigenvalue weighted by Gasteiger charge is -2.11. The summed E-state index contributed by atoms with van der Waals surface area (Å²) >= 11 is 2.76. The Bertz CT molecular complexity index is 777. The average Bonchev–Trinajstić information content (AvgIpc) is 3.16. The largest absolute Gasteiger partial charge is 0.462 e. The van der Waals surface area contributed by atoms with Crippen LogP contribution in [-0.4, -0.2) is 33.7 Å². The first-order valence-corrected chi connectivity index (χ1v) is 9.86. The summed E-state index contributed by atoms with van der Waals surface area (Å²) in [5.41, 5.74) is 1.56. The van der Waals surface area contributed by atoms with Gasteiger partial charge in [0.1, 0.15) is 5.00 Å². The Morgan fingerprint density at radius 2 is 2.12 bits per heavy atom. The topological polar surface area (TPSA) is 81.2 Å². The molecular weight excluding hydrogens is 358 g/mol. The van der Waals surface area contributed by atoms with Gasteiger partial charge in [-0.1, -0.05) is 11.8 Å². The molecule has 1 N–H and O–H groups in total. The lowest BCUT2D eigenvalue weighted by molar-refractivity contribution is -0.115. The molecule has 1 aliphatic carbocycles. The standard InChI is InChI=1S/C17H19N3O3S2/c1-3-23-16(22)13-11-6-4-7-12(11)25-15(13)20-14(21)10(2)24-17-18-8-5-9-19-17/h5,8-10H,3-4,6-7H2,1-2H3,(H,20,21)/t10-/m1/s1. The van der Waals surface area contributed by atoms with E-state index in [1.54, 1.807) is 32.3 Å². The number of aryl methyl sites for hydroxylation is 1. The molecule has 2 aromatic heterocycles. The van der Waals surface area contributed by atoms with Crippen LogP contribution in [0.25, 0.3) is 0 Å². The molecule has 0 saturated heterocycles. The molecule has 1 atom stereocenters. The van der Waals surface area contributed by atoms with E-state index in [9.17, 15) is 9.59 Å². The molecule has 2 heterocycles. The molecule has 132 valence electrons. The minimum absolute atomic E-state index is 0.178. The van der Waals surface area contributed by atoms with Gasteiger partial charge < -0.3 is 10.1 Å². The molecule has 0 bridgehead atoms. The molecule has 0 spiro atoms. The number of anilines is 1. The fourth-order valence-electron chi connectivity index (χ4n) is 2.68. The van der Waals surface area contributed by atoms with Crippen LogP contribution in [0.3, 0.4) is 0 Å². The van der Waals surface area contributed by atoms with Gasteiger partial charge in [0.05, 0.1) is 17.4 Å². The van der Waals surface area contributed by atoms with Crippen LogP contribution in [-0.2, 0) is 22.4 Å². The highest BCUT2D eigenvalue weighted by Crippen LogP contribution is 2.39. The highest BCUT2D eigenvalue weighted by atomic mass is 32.2. The molecule has 1 aliphatic rings. The Hall–Kier alpha value is -1.93. The number of carbonyl (C=O) groups excluding carboxylic acids is 2. The van der Waals surface area contributed by atoms with Crippen molar-refractivity contribution >= 4 is 40.0 Å². The van der Waals surface area contributed by atoms with E-state index in [-0.39, 0.29) is 17.1 Å². The van der Waals surface area contributed by atoms with Crippen LogP contribution in [0, 0.1) is 0 Å². The molecule has 1 amide bonds. The van der Waals surface area contributed by atoms with Crippen LogP contribution in [0.5, 0.6) is 0 Å². The molecule has 25 heavy (non-hydrogen) atoms. The Morgan fingerprint density at radius 3 is 2.84 bits per heavy atom. The molecule has 0 saturated carbocycles. The van der Waals surface area contributed by atoms with Gasteiger partial charge in [0.2, 0.25) is 5.91 Å². The molecule has 0 radical (unpaired) electrons. The quantitative estimate of drug-likeness (QED) is 0.472. The first-order valence-electron chi connectivity index (χ1n) is 8.16. The second-order valence-electron chi connectivity index (χ2n) is 5.56. The lowest BCUT2D eigenvalue weighted by Crippen LogP contribution is -2.23. The molecule has 0 aliphatic heterocycles. The molecule has 8 heteroatoms. The number of nitrogens with zero attached hydrogens (tertiary/aromatic N) is 2. The van der Waals surface area contributed by atoms with E-state index >= 15 is 0 Å². The number of amides is 1. The van der Waals surface area contributed by atoms with Crippen LogP contribution in [0.2, 0.25) is 0 Å². The number of thiophene rings is 1. The summed E-state index contributed by atoms with van der Waals surface area (Å²) in [7, 11) is 0. The monoisotopic (exact) mass is 377 g/mol. The van der Waals surface area contributed by atoms with Crippen LogP contribution in [0.1, 0.15) is 41.1 Å². The van der Waals surface area contributed by atoms with Gasteiger partial charge in [-0.2, -0.15) is 0 Å². The molecule has 6 nitrogen and oxygen atoms in total. The van der Waals surface area contributed by atoms with Gasteiger partial charge >= 0.3 is 5.97 Å². The molecule has 0 unspecified atom stereocenters. The van der Waals surface area contributed by atoms with Crippen molar-refractivity contribution in [1.29, 1.82) is 0 Å². The third-order valence-electron chi connectivity index (χ3n) is 3.83. The average molecular weight is 377 g/mol. The fourth-order valence-corrected chi connectivity index (χ4v) is 4.69. The third kappa shape index (κ3) is 4.01. The van der Waals surface area contributed by atoms with Gasteiger partial charge in [-0.15, -0.1) is 11.3 Å². The van der Waals surface area contributed by atoms with Crippen molar-refractivity contribution in [2.24, 2.45) is 0 Å². The maximum Gasteiger partial charge on any atom is 0.341 e. The Morgan fingerprint density at radius 1 is 1.36 bits per heavy atom. The molecule has 2 aromatic rings. The van der Waals surface area contributed by atoms with E-state index in [0.717, 1.165) is 24.8 Å². The number of fused-ring (bicyclic) bond motifs is 1. The van der Waals surface area contributed by atoms with E-state index < -0.39 is 0 Å². The summed E-state index contributed by atoms with van der Waals surface area (Å²) < 4.78 is 5.18. The smallest absolute Gasteiger partial charge is 0.341 e. The lowest BCUT2D eigenvalue weighted by atomic mass is 10.1. The second-order valence-corrected chi connectivity index (χ2v) is 7.98. The van der Waals surface area contributed by atoms with Crippen molar-refractivity contribution in [1.82, 2.24) is 9.97 Å². The van der Waals surface area contributed by atoms with Crippen LogP contribution in [0.4, 0.5) is 5.00 Å². The van der Waals surface area contributed by atoms with Crippen molar-refractivity contribution < 1.29 is 14.3 Å². The Kier molecular flexibility index (Phi) is 5.70. The van der Waals surface area contributed by atoms with Gasteiger partial charge in [0.25, 0.3) is 0 Å². The number of carbonyl (C=O) groups is 2. The van der Waals surface area contributed by atoms with E-state index in [1.807, 2.05) is 0 Å². The van der Waals surface area contributed by atoms with Crippen LogP contribution < -0.4 is 5.32 Å². The number of hydrogen-bond donors (Lipinski definition) is 1. The van der Waals surface area contributed by atoms with Crippen molar-refractivity contribution in [3.63, 3.8) is 0 Å². The van der Waals surface area contributed by atoms with Gasteiger partial charge in [-0.3, -0.25) is 4.79 Å². The van der Waals surface area contributed by atoms with E-state index in [1.165, 1.54) is 28.0 Å². The van der Waals surface area contributed by atoms with E-state index in [4.69, 9.17) is 4.74 Å². The first-order chi connectivity index (χ1) is 12.1. The fraction of sp³-hybridized carbons (Fsp3) is 0.412. The summed E-state index contributed by atoms with van der Waals surface area (Å²) in [6.07, 6.45) is 6.13. The van der Waals surface area contributed by atoms with Crippen LogP contribution in [0.15, 0.2) is 23.6 Å². The first kappa shape index (κ1) is 17.9.